The summed E-state index contributed by atoms with van der Waals surface area (Å²) in [5.41, 5.74) is 2.00. The highest BCUT2D eigenvalue weighted by molar-refractivity contribution is 5.88. The summed E-state index contributed by atoms with van der Waals surface area (Å²) in [6, 6.07) is 25.9. The molecule has 252 valence electrons. The molecular weight excluding hydrogens is 636 g/mol. The average Bonchev–Trinajstić information content (AvgIpc) is 3.07. The summed E-state index contributed by atoms with van der Waals surface area (Å²) in [4.78, 5) is 39.3. The Bertz CT molecular complexity index is 1640. The van der Waals surface area contributed by atoms with Crippen molar-refractivity contribution >= 4 is 18.0 Å². The second-order valence-electron chi connectivity index (χ2n) is 10.6. The van der Waals surface area contributed by atoms with E-state index in [1.54, 1.807) is 91.0 Å². The molecule has 0 spiro atoms. The molecule has 0 heterocycles. The molecule has 3 atom stereocenters. The molecule has 48 heavy (non-hydrogen) atoms. The van der Waals surface area contributed by atoms with Gasteiger partial charge in [-0.1, -0.05) is 97.1 Å². The molecule has 0 aliphatic heterocycles. The van der Waals surface area contributed by atoms with E-state index < -0.39 is 60.5 Å². The first-order chi connectivity index (χ1) is 23.0. The number of rotatable bonds is 14. The first kappa shape index (κ1) is 35.4. The third kappa shape index (κ3) is 11.4. The second-order valence-corrected chi connectivity index (χ2v) is 10.6. The molecular formula is C35H32F4N2O7. The van der Waals surface area contributed by atoms with E-state index in [1.165, 1.54) is 0 Å². The first-order valence-electron chi connectivity index (χ1n) is 14.7. The van der Waals surface area contributed by atoms with Crippen LogP contribution in [0.2, 0.25) is 0 Å². The largest absolute Gasteiger partial charge is 0.573 e. The minimum atomic E-state index is -5.13. The van der Waals surface area contributed by atoms with E-state index in [9.17, 15) is 37.1 Å². The number of hydrogen-bond donors (Lipinski definition) is 3. The van der Waals surface area contributed by atoms with Crippen LogP contribution >= 0.6 is 0 Å². The van der Waals surface area contributed by atoms with Gasteiger partial charge in [0.2, 0.25) is 0 Å². The van der Waals surface area contributed by atoms with Gasteiger partial charge in [0, 0.05) is 6.42 Å². The maximum atomic E-state index is 14.5. The van der Waals surface area contributed by atoms with E-state index in [4.69, 9.17) is 9.47 Å². The number of nitrogens with one attached hydrogen (secondary N) is 2. The van der Waals surface area contributed by atoms with Crippen LogP contribution in [0.1, 0.15) is 22.3 Å². The molecule has 9 nitrogen and oxygen atoms in total. The number of hydrogen-bond acceptors (Lipinski definition) is 7. The van der Waals surface area contributed by atoms with Crippen molar-refractivity contribution in [3.05, 3.63) is 137 Å². The van der Waals surface area contributed by atoms with Gasteiger partial charge in [0.05, 0.1) is 6.04 Å². The van der Waals surface area contributed by atoms with Gasteiger partial charge in [0.15, 0.2) is 17.7 Å². The number of amides is 2. The number of alkyl halides is 3. The summed E-state index contributed by atoms with van der Waals surface area (Å²) < 4.78 is 66.7. The number of carbonyl (C=O) groups excluding carboxylic acids is 3. The van der Waals surface area contributed by atoms with Gasteiger partial charge in [0.25, 0.3) is 5.91 Å². The molecule has 13 heteroatoms. The van der Waals surface area contributed by atoms with Gasteiger partial charge in [-0.25, -0.2) is 14.0 Å². The Morgan fingerprint density at radius 3 is 1.77 bits per heavy atom. The molecule has 0 fully saturated rings. The van der Waals surface area contributed by atoms with Gasteiger partial charge in [-0.05, 0) is 40.8 Å². The fraction of sp³-hybridized carbons (Fsp3) is 0.229. The van der Waals surface area contributed by atoms with Crippen LogP contribution in [-0.2, 0) is 45.1 Å². The topological polar surface area (TPSA) is 123 Å². The summed E-state index contributed by atoms with van der Waals surface area (Å²) in [5, 5.41) is 16.0. The van der Waals surface area contributed by atoms with E-state index in [-0.39, 0.29) is 25.2 Å². The zero-order chi connectivity index (χ0) is 34.5. The summed E-state index contributed by atoms with van der Waals surface area (Å²) >= 11 is 0. The molecule has 0 saturated carbocycles. The van der Waals surface area contributed by atoms with Crippen molar-refractivity contribution in [2.45, 2.75) is 50.6 Å². The number of benzene rings is 4. The van der Waals surface area contributed by atoms with E-state index in [2.05, 4.69) is 15.4 Å². The summed E-state index contributed by atoms with van der Waals surface area (Å²) in [6.45, 7) is -0.265. The smallest absolute Gasteiger partial charge is 0.459 e. The third-order valence-corrected chi connectivity index (χ3v) is 6.95. The van der Waals surface area contributed by atoms with E-state index in [1.807, 2.05) is 0 Å². The van der Waals surface area contributed by atoms with Crippen LogP contribution in [0.3, 0.4) is 0 Å². The monoisotopic (exact) mass is 668 g/mol. The van der Waals surface area contributed by atoms with Crippen molar-refractivity contribution in [1.29, 1.82) is 0 Å². The van der Waals surface area contributed by atoms with Crippen LogP contribution in [-0.4, -0.2) is 47.6 Å². The van der Waals surface area contributed by atoms with Gasteiger partial charge in [-0.15, -0.1) is 13.2 Å². The van der Waals surface area contributed by atoms with Crippen LogP contribution in [0.15, 0.2) is 109 Å². The number of halogens is 4. The highest BCUT2D eigenvalue weighted by Gasteiger charge is 2.34. The lowest BCUT2D eigenvalue weighted by molar-refractivity contribution is -0.275. The average molecular weight is 669 g/mol. The zero-order valence-electron chi connectivity index (χ0n) is 25.4. The number of aliphatic hydroxyl groups excluding tert-OH is 1. The van der Waals surface area contributed by atoms with E-state index in [0.717, 1.165) is 18.2 Å². The van der Waals surface area contributed by atoms with Gasteiger partial charge >= 0.3 is 18.4 Å². The van der Waals surface area contributed by atoms with Crippen LogP contribution in [0, 0.1) is 5.82 Å². The normalized spacial score (nSPS) is 13.0. The number of aliphatic hydroxyl groups is 1. The Kier molecular flexibility index (Phi) is 12.5. The minimum Gasteiger partial charge on any atom is -0.459 e. The molecule has 0 aromatic heterocycles. The maximum Gasteiger partial charge on any atom is 0.573 e. The van der Waals surface area contributed by atoms with Crippen molar-refractivity contribution in [3.63, 3.8) is 0 Å². The first-order valence-corrected chi connectivity index (χ1v) is 14.7. The number of alkyl carbamates (subject to hydrolysis) is 1. The maximum absolute atomic E-state index is 14.5. The second kappa shape index (κ2) is 16.9. The molecule has 0 aliphatic carbocycles. The minimum absolute atomic E-state index is 0.00906. The molecule has 0 saturated heterocycles. The number of carbonyl (C=O) groups is 3. The highest BCUT2D eigenvalue weighted by Crippen LogP contribution is 2.26. The van der Waals surface area contributed by atoms with Gasteiger partial charge in [-0.3, -0.25) is 4.79 Å². The van der Waals surface area contributed by atoms with E-state index >= 15 is 0 Å². The molecule has 0 bridgehead atoms. The fourth-order valence-electron chi connectivity index (χ4n) is 4.60. The molecule has 2 amide bonds. The highest BCUT2D eigenvalue weighted by atomic mass is 19.4. The third-order valence-electron chi connectivity index (χ3n) is 6.95. The Hall–Kier alpha value is -5.43. The van der Waals surface area contributed by atoms with Crippen LogP contribution in [0.4, 0.5) is 22.4 Å². The number of ether oxygens (including phenoxy) is 3. The standard InChI is InChI=1S/C35H32F4N2O7/c36-27-18-26(16-17-30(27)48-35(37,38)39)20-29(33(44)46-21-24-12-6-2-7-13-24)40-32(43)31(42)28(19-23-10-4-1-5-11-23)41-34(45)47-22-25-14-8-3-9-15-25/h1-18,28-29,31,42H,19-22H2,(H,40,43)(H,41,45)/t28-,29+,31+/m1/s1. The lowest BCUT2D eigenvalue weighted by Gasteiger charge is -2.26. The lowest BCUT2D eigenvalue weighted by Crippen LogP contribution is -2.55. The Balaban J connectivity index is 1.51. The fourth-order valence-corrected chi connectivity index (χ4v) is 4.60. The van der Waals surface area contributed by atoms with Gasteiger partial charge in [-0.2, -0.15) is 0 Å². The molecule has 4 rings (SSSR count). The Labute approximate surface area is 273 Å². The van der Waals surface area contributed by atoms with Crippen molar-refractivity contribution < 1.29 is 51.3 Å². The van der Waals surface area contributed by atoms with Crippen molar-refractivity contribution in [2.75, 3.05) is 0 Å². The number of esters is 1. The molecule has 0 unspecified atom stereocenters. The lowest BCUT2D eigenvalue weighted by atomic mass is 9.99. The van der Waals surface area contributed by atoms with Crippen molar-refractivity contribution in [2.24, 2.45) is 0 Å². The molecule has 4 aromatic carbocycles. The Morgan fingerprint density at radius 2 is 1.23 bits per heavy atom. The summed E-state index contributed by atoms with van der Waals surface area (Å²) in [5.74, 6) is -4.49. The van der Waals surface area contributed by atoms with Crippen LogP contribution < -0.4 is 15.4 Å². The quantitative estimate of drug-likeness (QED) is 0.122. The van der Waals surface area contributed by atoms with Gasteiger partial charge in [0.1, 0.15) is 19.3 Å². The predicted octanol–water partition coefficient (Wildman–Crippen LogP) is 5.39. The molecule has 3 N–H and O–H groups in total. The summed E-state index contributed by atoms with van der Waals surface area (Å²) in [6.07, 6.45) is -8.40. The van der Waals surface area contributed by atoms with Crippen molar-refractivity contribution in [1.82, 2.24) is 10.6 Å². The molecule has 0 aliphatic rings. The van der Waals surface area contributed by atoms with Crippen LogP contribution in [0.25, 0.3) is 0 Å². The Morgan fingerprint density at radius 1 is 0.688 bits per heavy atom. The van der Waals surface area contributed by atoms with Gasteiger partial charge < -0.3 is 30.0 Å². The SMILES string of the molecule is O=C(N[C@H](Cc1ccccc1)[C@H](O)C(=O)N[C@@H](Cc1ccc(OC(F)(F)F)c(F)c1)C(=O)OCc1ccccc1)OCc1ccccc1. The molecule has 4 aromatic rings. The van der Waals surface area contributed by atoms with Crippen LogP contribution in [0.5, 0.6) is 5.75 Å². The predicted molar refractivity (Wildman–Crippen MR) is 165 cm³/mol. The summed E-state index contributed by atoms with van der Waals surface area (Å²) in [7, 11) is 0. The zero-order valence-corrected chi connectivity index (χ0v) is 25.4. The van der Waals surface area contributed by atoms with Crippen molar-refractivity contribution in [3.8, 4) is 5.75 Å². The molecule has 0 radical (unpaired) electrons. The van der Waals surface area contributed by atoms with E-state index in [0.29, 0.717) is 16.7 Å².